The molecular weight excluding hydrogens is 128 g/mol. The highest BCUT2D eigenvalue weighted by atomic mass is 16.2. The Labute approximate surface area is 61.5 Å². The summed E-state index contributed by atoms with van der Waals surface area (Å²) in [4.78, 5) is 15.5. The summed E-state index contributed by atoms with van der Waals surface area (Å²) in [5, 5.41) is 0. The standard InChI is InChI=1S/C7H12N2O/c1-6(2)9(4)7(10)5-8-3/h6H,5H2,1-2,4H3. The maximum atomic E-state index is 10.9. The largest absolute Gasteiger partial charge is 0.337 e. The quantitative estimate of drug-likeness (QED) is 0.520. The summed E-state index contributed by atoms with van der Waals surface area (Å²) in [5.41, 5.74) is 0. The van der Waals surface area contributed by atoms with E-state index in [2.05, 4.69) is 4.85 Å². The molecule has 1 amide bonds. The zero-order chi connectivity index (χ0) is 8.15. The average molecular weight is 140 g/mol. The fourth-order valence-corrected chi connectivity index (χ4v) is 0.467. The van der Waals surface area contributed by atoms with Crippen LogP contribution in [0.4, 0.5) is 0 Å². The lowest BCUT2D eigenvalue weighted by atomic mass is 10.3. The van der Waals surface area contributed by atoms with Gasteiger partial charge in [0, 0.05) is 13.1 Å². The van der Waals surface area contributed by atoms with E-state index in [0.29, 0.717) is 0 Å². The van der Waals surface area contributed by atoms with Gasteiger partial charge in [0.25, 0.3) is 6.54 Å². The van der Waals surface area contributed by atoms with Gasteiger partial charge in [0.05, 0.1) is 0 Å². The van der Waals surface area contributed by atoms with Crippen LogP contribution in [0.15, 0.2) is 0 Å². The first-order valence-electron chi connectivity index (χ1n) is 3.18. The Morgan fingerprint density at radius 1 is 1.70 bits per heavy atom. The molecule has 0 N–H and O–H groups in total. The van der Waals surface area contributed by atoms with Crippen molar-refractivity contribution in [1.29, 1.82) is 0 Å². The summed E-state index contributed by atoms with van der Waals surface area (Å²) >= 11 is 0. The van der Waals surface area contributed by atoms with Gasteiger partial charge in [0.1, 0.15) is 0 Å². The van der Waals surface area contributed by atoms with Crippen molar-refractivity contribution in [1.82, 2.24) is 4.90 Å². The highest BCUT2D eigenvalue weighted by molar-refractivity contribution is 5.79. The summed E-state index contributed by atoms with van der Waals surface area (Å²) in [5.74, 6) is -0.106. The van der Waals surface area contributed by atoms with Gasteiger partial charge in [-0.1, -0.05) is 0 Å². The van der Waals surface area contributed by atoms with Crippen molar-refractivity contribution in [3.05, 3.63) is 11.4 Å². The minimum atomic E-state index is -0.106. The topological polar surface area (TPSA) is 24.7 Å². The van der Waals surface area contributed by atoms with E-state index in [9.17, 15) is 4.79 Å². The number of carbonyl (C=O) groups excluding carboxylic acids is 1. The van der Waals surface area contributed by atoms with Crippen LogP contribution in [0.25, 0.3) is 4.85 Å². The monoisotopic (exact) mass is 140 g/mol. The van der Waals surface area contributed by atoms with Gasteiger partial charge in [-0.05, 0) is 13.8 Å². The second kappa shape index (κ2) is 3.89. The summed E-state index contributed by atoms with van der Waals surface area (Å²) < 4.78 is 0. The minimum Gasteiger partial charge on any atom is -0.337 e. The average Bonchev–Trinajstić information content (AvgIpc) is 1.87. The Balaban J connectivity index is 3.85. The van der Waals surface area contributed by atoms with Gasteiger partial charge < -0.3 is 9.74 Å². The number of amides is 1. The molecule has 0 bridgehead atoms. The van der Waals surface area contributed by atoms with Crippen LogP contribution in [0.2, 0.25) is 0 Å². The van der Waals surface area contributed by atoms with Crippen LogP contribution in [0.3, 0.4) is 0 Å². The Morgan fingerprint density at radius 2 is 2.20 bits per heavy atom. The number of hydrogen-bond donors (Lipinski definition) is 0. The molecule has 0 radical (unpaired) electrons. The maximum absolute atomic E-state index is 10.9. The first-order chi connectivity index (χ1) is 4.59. The van der Waals surface area contributed by atoms with E-state index < -0.39 is 0 Å². The number of rotatable bonds is 2. The normalized spacial score (nSPS) is 9.10. The zero-order valence-corrected chi connectivity index (χ0v) is 6.59. The molecule has 0 unspecified atom stereocenters. The summed E-state index contributed by atoms with van der Waals surface area (Å²) in [7, 11) is 1.71. The van der Waals surface area contributed by atoms with Crippen LogP contribution in [-0.2, 0) is 4.79 Å². The van der Waals surface area contributed by atoms with Crippen molar-refractivity contribution in [2.45, 2.75) is 19.9 Å². The molecule has 3 heteroatoms. The highest BCUT2D eigenvalue weighted by Crippen LogP contribution is 1.93. The van der Waals surface area contributed by atoms with E-state index in [0.717, 1.165) is 0 Å². The van der Waals surface area contributed by atoms with E-state index in [-0.39, 0.29) is 18.5 Å². The lowest BCUT2D eigenvalue weighted by molar-refractivity contribution is -0.129. The number of nitrogens with zero attached hydrogens (tertiary/aromatic N) is 2. The Bertz CT molecular complexity index is 157. The number of hydrogen-bond acceptors (Lipinski definition) is 1. The smallest absolute Gasteiger partial charge is 0.302 e. The third kappa shape index (κ3) is 2.49. The van der Waals surface area contributed by atoms with Gasteiger partial charge in [-0.2, -0.15) is 0 Å². The third-order valence-corrected chi connectivity index (χ3v) is 1.38. The Kier molecular flexibility index (Phi) is 3.48. The molecule has 10 heavy (non-hydrogen) atoms. The molecule has 0 aliphatic heterocycles. The molecule has 56 valence electrons. The van der Waals surface area contributed by atoms with Crippen LogP contribution < -0.4 is 0 Å². The first-order valence-corrected chi connectivity index (χ1v) is 3.18. The van der Waals surface area contributed by atoms with Crippen molar-refractivity contribution < 1.29 is 4.79 Å². The molecule has 0 aliphatic rings. The van der Waals surface area contributed by atoms with Gasteiger partial charge in [-0.3, -0.25) is 4.79 Å². The molecular formula is C7H12N2O. The Morgan fingerprint density at radius 3 is 2.50 bits per heavy atom. The van der Waals surface area contributed by atoms with Crippen molar-refractivity contribution in [3.63, 3.8) is 0 Å². The molecule has 0 saturated heterocycles. The zero-order valence-electron chi connectivity index (χ0n) is 6.59. The molecule has 0 aromatic heterocycles. The first kappa shape index (κ1) is 8.96. The van der Waals surface area contributed by atoms with Gasteiger partial charge in [-0.25, -0.2) is 6.57 Å². The van der Waals surface area contributed by atoms with Gasteiger partial charge >= 0.3 is 5.91 Å². The SMILES string of the molecule is [C-]#[N+]CC(=O)N(C)C(C)C. The predicted molar refractivity (Wildman–Crippen MR) is 39.4 cm³/mol. The van der Waals surface area contributed by atoms with Crippen LogP contribution in [0.5, 0.6) is 0 Å². The fraction of sp³-hybridized carbons (Fsp3) is 0.714. The third-order valence-electron chi connectivity index (χ3n) is 1.38. The number of carbonyl (C=O) groups is 1. The van der Waals surface area contributed by atoms with Crippen molar-refractivity contribution >= 4 is 5.91 Å². The minimum absolute atomic E-state index is 0.0331. The molecule has 0 heterocycles. The van der Waals surface area contributed by atoms with Crippen LogP contribution in [0.1, 0.15) is 13.8 Å². The lowest BCUT2D eigenvalue weighted by Gasteiger charge is -2.18. The molecule has 0 aromatic carbocycles. The van der Waals surface area contributed by atoms with Gasteiger partial charge in [0.2, 0.25) is 0 Å². The molecule has 0 saturated carbocycles. The van der Waals surface area contributed by atoms with Crippen LogP contribution in [-0.4, -0.2) is 30.4 Å². The number of likely N-dealkylation sites (N-methyl/N-ethyl adjacent to an activating group) is 1. The molecule has 0 aromatic rings. The predicted octanol–water partition coefficient (Wildman–Crippen LogP) is 0.772. The maximum Gasteiger partial charge on any atom is 0.302 e. The van der Waals surface area contributed by atoms with Crippen molar-refractivity contribution in [2.75, 3.05) is 13.6 Å². The molecule has 0 rings (SSSR count). The lowest BCUT2D eigenvalue weighted by Crippen LogP contribution is -2.34. The van der Waals surface area contributed by atoms with E-state index in [4.69, 9.17) is 6.57 Å². The van der Waals surface area contributed by atoms with E-state index in [1.165, 1.54) is 0 Å². The van der Waals surface area contributed by atoms with Gasteiger partial charge in [0.15, 0.2) is 0 Å². The second-order valence-electron chi connectivity index (χ2n) is 2.41. The summed E-state index contributed by atoms with van der Waals surface area (Å²) in [6.07, 6.45) is 0. The highest BCUT2D eigenvalue weighted by Gasteiger charge is 2.12. The molecule has 0 atom stereocenters. The van der Waals surface area contributed by atoms with Gasteiger partial charge in [-0.15, -0.1) is 0 Å². The molecule has 0 fully saturated rings. The van der Waals surface area contributed by atoms with E-state index in [1.807, 2.05) is 13.8 Å². The molecule has 0 spiro atoms. The van der Waals surface area contributed by atoms with Crippen molar-refractivity contribution in [2.24, 2.45) is 0 Å². The molecule has 0 aliphatic carbocycles. The summed E-state index contributed by atoms with van der Waals surface area (Å²) in [6.45, 7) is 10.2. The molecule has 3 nitrogen and oxygen atoms in total. The van der Waals surface area contributed by atoms with Crippen molar-refractivity contribution in [3.8, 4) is 0 Å². The van der Waals surface area contributed by atoms with E-state index >= 15 is 0 Å². The Hall–Kier alpha value is -1.04. The van der Waals surface area contributed by atoms with Crippen LogP contribution >= 0.6 is 0 Å². The van der Waals surface area contributed by atoms with E-state index in [1.54, 1.807) is 11.9 Å². The summed E-state index contributed by atoms with van der Waals surface area (Å²) in [6, 6.07) is 0.189. The second-order valence-corrected chi connectivity index (χ2v) is 2.41. The van der Waals surface area contributed by atoms with Crippen LogP contribution in [0, 0.1) is 6.57 Å². The fourth-order valence-electron chi connectivity index (χ4n) is 0.467.